The van der Waals surface area contributed by atoms with Crippen LogP contribution in [0.1, 0.15) is 37.7 Å². The molecule has 0 aliphatic heterocycles. The molecule has 1 saturated carbocycles. The van der Waals surface area contributed by atoms with Crippen LogP contribution in [0.4, 0.5) is 0 Å². The SMILES string of the molecule is CN(Cc1ccc(Cl)c(Cl)c1)CC1CCCCC1. The molecule has 1 aromatic carbocycles. The summed E-state index contributed by atoms with van der Waals surface area (Å²) in [5.41, 5.74) is 1.24. The molecule has 0 heterocycles. The lowest BCUT2D eigenvalue weighted by molar-refractivity contribution is 0.228. The van der Waals surface area contributed by atoms with Gasteiger partial charge in [0.25, 0.3) is 0 Å². The van der Waals surface area contributed by atoms with Crippen molar-refractivity contribution in [3.05, 3.63) is 33.8 Å². The van der Waals surface area contributed by atoms with Crippen LogP contribution in [0.25, 0.3) is 0 Å². The first-order valence-electron chi connectivity index (χ1n) is 6.77. The minimum Gasteiger partial charge on any atom is -0.302 e. The highest BCUT2D eigenvalue weighted by Crippen LogP contribution is 2.26. The molecule has 2 rings (SSSR count). The van der Waals surface area contributed by atoms with E-state index in [1.165, 1.54) is 44.2 Å². The van der Waals surface area contributed by atoms with Crippen LogP contribution in [0.3, 0.4) is 0 Å². The van der Waals surface area contributed by atoms with E-state index >= 15 is 0 Å². The number of benzene rings is 1. The van der Waals surface area contributed by atoms with Crippen molar-refractivity contribution >= 4 is 23.2 Å². The Labute approximate surface area is 120 Å². The highest BCUT2D eigenvalue weighted by molar-refractivity contribution is 6.42. The van der Waals surface area contributed by atoms with Crippen LogP contribution in [-0.2, 0) is 6.54 Å². The van der Waals surface area contributed by atoms with Gasteiger partial charge in [-0.05, 0) is 43.5 Å². The molecule has 0 radical (unpaired) electrons. The van der Waals surface area contributed by atoms with Gasteiger partial charge < -0.3 is 4.90 Å². The van der Waals surface area contributed by atoms with E-state index in [1.54, 1.807) is 0 Å². The second kappa shape index (κ2) is 6.79. The van der Waals surface area contributed by atoms with Crippen molar-refractivity contribution in [1.82, 2.24) is 4.90 Å². The molecule has 0 saturated heterocycles. The minimum absolute atomic E-state index is 0.635. The molecule has 1 aromatic rings. The maximum Gasteiger partial charge on any atom is 0.0595 e. The van der Waals surface area contributed by atoms with Gasteiger partial charge in [0.15, 0.2) is 0 Å². The Morgan fingerprint density at radius 3 is 2.50 bits per heavy atom. The summed E-state index contributed by atoms with van der Waals surface area (Å²) in [6.45, 7) is 2.15. The summed E-state index contributed by atoms with van der Waals surface area (Å²) in [5, 5.41) is 1.29. The van der Waals surface area contributed by atoms with Crippen LogP contribution in [0.5, 0.6) is 0 Å². The zero-order valence-electron chi connectivity index (χ0n) is 11.0. The summed E-state index contributed by atoms with van der Waals surface area (Å²) >= 11 is 12.0. The predicted octanol–water partition coefficient (Wildman–Crippen LogP) is 5.01. The molecular weight excluding hydrogens is 265 g/mol. The molecule has 0 amide bonds. The molecule has 1 aliphatic rings. The molecule has 1 aliphatic carbocycles. The molecule has 0 spiro atoms. The summed E-state index contributed by atoms with van der Waals surface area (Å²) in [6.07, 6.45) is 7.03. The largest absolute Gasteiger partial charge is 0.302 e. The van der Waals surface area contributed by atoms with Crippen molar-refractivity contribution in [1.29, 1.82) is 0 Å². The average Bonchev–Trinajstić information content (AvgIpc) is 2.35. The van der Waals surface area contributed by atoms with E-state index in [2.05, 4.69) is 18.0 Å². The number of halogens is 2. The number of nitrogens with zero attached hydrogens (tertiary/aromatic N) is 1. The fraction of sp³-hybridized carbons (Fsp3) is 0.600. The van der Waals surface area contributed by atoms with E-state index in [-0.39, 0.29) is 0 Å². The second-order valence-corrected chi connectivity index (χ2v) is 6.26. The second-order valence-electron chi connectivity index (χ2n) is 5.45. The van der Waals surface area contributed by atoms with Crippen LogP contribution >= 0.6 is 23.2 Å². The zero-order valence-corrected chi connectivity index (χ0v) is 12.5. The predicted molar refractivity (Wildman–Crippen MR) is 79.4 cm³/mol. The summed E-state index contributed by atoms with van der Waals surface area (Å²) in [7, 11) is 2.19. The van der Waals surface area contributed by atoms with Crippen molar-refractivity contribution in [3.8, 4) is 0 Å². The molecule has 0 unspecified atom stereocenters. The normalized spacial score (nSPS) is 17.3. The van der Waals surface area contributed by atoms with Gasteiger partial charge in [-0.15, -0.1) is 0 Å². The fourth-order valence-electron chi connectivity index (χ4n) is 2.82. The van der Waals surface area contributed by atoms with Crippen molar-refractivity contribution in [2.45, 2.75) is 38.6 Å². The van der Waals surface area contributed by atoms with Crippen molar-refractivity contribution in [2.24, 2.45) is 5.92 Å². The molecule has 1 nitrogen and oxygen atoms in total. The van der Waals surface area contributed by atoms with Gasteiger partial charge >= 0.3 is 0 Å². The van der Waals surface area contributed by atoms with Crippen LogP contribution in [0.2, 0.25) is 10.0 Å². The van der Waals surface area contributed by atoms with E-state index < -0.39 is 0 Å². The molecule has 0 atom stereocenters. The zero-order chi connectivity index (χ0) is 13.0. The topological polar surface area (TPSA) is 3.24 Å². The quantitative estimate of drug-likeness (QED) is 0.752. The summed E-state index contributed by atoms with van der Waals surface area (Å²) in [6, 6.07) is 5.92. The standard InChI is InChI=1S/C15H21Cl2N/c1-18(10-12-5-3-2-4-6-12)11-13-7-8-14(16)15(17)9-13/h7-9,12H,2-6,10-11H2,1H3. The van der Waals surface area contributed by atoms with Gasteiger partial charge in [0.05, 0.1) is 10.0 Å². The van der Waals surface area contributed by atoms with Gasteiger partial charge in [0.2, 0.25) is 0 Å². The Bertz CT molecular complexity index is 386. The Kier molecular flexibility index (Phi) is 5.35. The van der Waals surface area contributed by atoms with Crippen molar-refractivity contribution in [2.75, 3.05) is 13.6 Å². The summed E-state index contributed by atoms with van der Waals surface area (Å²) in [5.74, 6) is 0.881. The molecule has 0 bridgehead atoms. The van der Waals surface area contributed by atoms with E-state index in [0.29, 0.717) is 10.0 Å². The molecule has 100 valence electrons. The number of rotatable bonds is 4. The van der Waals surface area contributed by atoms with Gasteiger partial charge in [-0.2, -0.15) is 0 Å². The molecule has 0 aromatic heterocycles. The Morgan fingerprint density at radius 1 is 1.11 bits per heavy atom. The monoisotopic (exact) mass is 285 g/mol. The highest BCUT2D eigenvalue weighted by atomic mass is 35.5. The van der Waals surface area contributed by atoms with Crippen LogP contribution in [0.15, 0.2) is 18.2 Å². The third kappa shape index (κ3) is 4.15. The van der Waals surface area contributed by atoms with E-state index in [0.717, 1.165) is 12.5 Å². The van der Waals surface area contributed by atoms with Crippen LogP contribution < -0.4 is 0 Å². The van der Waals surface area contributed by atoms with Crippen LogP contribution in [0, 0.1) is 5.92 Å². The lowest BCUT2D eigenvalue weighted by atomic mass is 9.89. The van der Waals surface area contributed by atoms with E-state index in [9.17, 15) is 0 Å². The lowest BCUT2D eigenvalue weighted by Gasteiger charge is -2.27. The lowest BCUT2D eigenvalue weighted by Crippen LogP contribution is -2.26. The van der Waals surface area contributed by atoms with E-state index in [4.69, 9.17) is 23.2 Å². The maximum atomic E-state index is 6.04. The number of hydrogen-bond donors (Lipinski definition) is 0. The average molecular weight is 286 g/mol. The summed E-state index contributed by atoms with van der Waals surface area (Å²) < 4.78 is 0. The Morgan fingerprint density at radius 2 is 1.83 bits per heavy atom. The van der Waals surface area contributed by atoms with E-state index in [1.807, 2.05) is 12.1 Å². The summed E-state index contributed by atoms with van der Waals surface area (Å²) in [4.78, 5) is 2.40. The van der Waals surface area contributed by atoms with Gasteiger partial charge in [0.1, 0.15) is 0 Å². The Hall–Kier alpha value is -0.240. The third-order valence-electron chi connectivity index (χ3n) is 3.73. The van der Waals surface area contributed by atoms with Gasteiger partial charge in [-0.25, -0.2) is 0 Å². The number of hydrogen-bond acceptors (Lipinski definition) is 1. The maximum absolute atomic E-state index is 6.04. The molecule has 0 N–H and O–H groups in total. The van der Waals surface area contributed by atoms with Crippen LogP contribution in [-0.4, -0.2) is 18.5 Å². The van der Waals surface area contributed by atoms with Crippen molar-refractivity contribution in [3.63, 3.8) is 0 Å². The first kappa shape index (κ1) is 14.2. The smallest absolute Gasteiger partial charge is 0.0595 e. The molecule has 18 heavy (non-hydrogen) atoms. The van der Waals surface area contributed by atoms with Gasteiger partial charge in [-0.3, -0.25) is 0 Å². The first-order chi connectivity index (χ1) is 8.65. The Balaban J connectivity index is 1.85. The van der Waals surface area contributed by atoms with Gasteiger partial charge in [0, 0.05) is 13.1 Å². The molecule has 1 fully saturated rings. The third-order valence-corrected chi connectivity index (χ3v) is 4.47. The fourth-order valence-corrected chi connectivity index (χ4v) is 3.15. The first-order valence-corrected chi connectivity index (χ1v) is 7.53. The highest BCUT2D eigenvalue weighted by Gasteiger charge is 2.15. The minimum atomic E-state index is 0.635. The van der Waals surface area contributed by atoms with Crippen molar-refractivity contribution < 1.29 is 0 Å². The van der Waals surface area contributed by atoms with Gasteiger partial charge in [-0.1, -0.05) is 48.5 Å². The molecule has 3 heteroatoms. The molecular formula is C15H21Cl2N.